The molecule has 0 amide bonds. The smallest absolute Gasteiger partial charge is 0.374 e. The van der Waals surface area contributed by atoms with Crippen molar-refractivity contribution in [3.8, 4) is 0 Å². The Morgan fingerprint density at radius 1 is 1.44 bits per heavy atom. The van der Waals surface area contributed by atoms with Crippen LogP contribution in [0.15, 0.2) is 26.7 Å². The van der Waals surface area contributed by atoms with Crippen LogP contribution in [0, 0.1) is 13.8 Å². The lowest BCUT2D eigenvalue weighted by Gasteiger charge is -2.09. The maximum absolute atomic E-state index is 12.8. The molecule has 3 aromatic heterocycles. The average Bonchev–Trinajstić information content (AvgIpc) is 3.17. The number of carbonyl (C=O) groups excluding carboxylic acids is 1. The molecule has 0 N–H and O–H groups in total. The molecule has 0 aliphatic carbocycles. The van der Waals surface area contributed by atoms with Crippen molar-refractivity contribution in [1.82, 2.24) is 9.55 Å². The summed E-state index contributed by atoms with van der Waals surface area (Å²) in [6, 6.07) is 1.73. The van der Waals surface area contributed by atoms with Crippen LogP contribution in [0.25, 0.3) is 10.2 Å². The fourth-order valence-electron chi connectivity index (χ4n) is 2.56. The van der Waals surface area contributed by atoms with E-state index >= 15 is 0 Å². The molecular formula is C17H18N2O4S2. The maximum atomic E-state index is 12.8. The summed E-state index contributed by atoms with van der Waals surface area (Å²) in [6.07, 6.45) is 1.46. The summed E-state index contributed by atoms with van der Waals surface area (Å²) in [6.45, 7) is 6.41. The van der Waals surface area contributed by atoms with Gasteiger partial charge in [-0.3, -0.25) is 9.36 Å². The quantitative estimate of drug-likeness (QED) is 0.382. The highest BCUT2D eigenvalue weighted by molar-refractivity contribution is 7.98. The third-order valence-electron chi connectivity index (χ3n) is 4.04. The number of rotatable bonds is 5. The van der Waals surface area contributed by atoms with Gasteiger partial charge < -0.3 is 9.15 Å². The molecule has 0 aliphatic heterocycles. The van der Waals surface area contributed by atoms with Crippen LogP contribution in [0.3, 0.4) is 0 Å². The van der Waals surface area contributed by atoms with Crippen LogP contribution < -0.4 is 5.56 Å². The van der Waals surface area contributed by atoms with Crippen molar-refractivity contribution >= 4 is 39.3 Å². The van der Waals surface area contributed by atoms with E-state index < -0.39 is 5.97 Å². The molecule has 0 fully saturated rings. The second kappa shape index (κ2) is 7.05. The predicted octanol–water partition coefficient (Wildman–Crippen LogP) is 3.77. The summed E-state index contributed by atoms with van der Waals surface area (Å²) in [5.41, 5.74) is 1.70. The Labute approximate surface area is 152 Å². The number of hydrogen-bond donors (Lipinski definition) is 0. The lowest BCUT2D eigenvalue weighted by atomic mass is 10.2. The standard InChI is InChI=1S/C17H18N2O4S2/c1-5-19-15(20)12-9(2)10(3)25-14(12)18-17(19)24-8-11-6-7-23-13(11)16(21)22-4/h6-7H,5,8H2,1-4H3. The lowest BCUT2D eigenvalue weighted by molar-refractivity contribution is 0.0564. The van der Waals surface area contributed by atoms with Crippen molar-refractivity contribution in [2.75, 3.05) is 7.11 Å². The summed E-state index contributed by atoms with van der Waals surface area (Å²) in [5.74, 6) is 0.132. The molecule has 25 heavy (non-hydrogen) atoms. The normalized spacial score (nSPS) is 11.2. The highest BCUT2D eigenvalue weighted by Gasteiger charge is 2.19. The molecule has 8 heteroatoms. The molecule has 0 atom stereocenters. The van der Waals surface area contributed by atoms with Gasteiger partial charge in [-0.05, 0) is 32.4 Å². The van der Waals surface area contributed by atoms with E-state index in [1.807, 2.05) is 20.8 Å². The van der Waals surface area contributed by atoms with Gasteiger partial charge in [0.1, 0.15) is 4.83 Å². The van der Waals surface area contributed by atoms with Gasteiger partial charge >= 0.3 is 5.97 Å². The van der Waals surface area contributed by atoms with Gasteiger partial charge in [-0.25, -0.2) is 9.78 Å². The third-order valence-corrected chi connectivity index (χ3v) is 6.17. The van der Waals surface area contributed by atoms with Crippen molar-refractivity contribution in [1.29, 1.82) is 0 Å². The van der Waals surface area contributed by atoms with Gasteiger partial charge in [0.2, 0.25) is 5.76 Å². The minimum atomic E-state index is -0.513. The Morgan fingerprint density at radius 3 is 2.88 bits per heavy atom. The molecule has 0 saturated carbocycles. The number of carbonyl (C=O) groups is 1. The summed E-state index contributed by atoms with van der Waals surface area (Å²) < 4.78 is 11.6. The number of thioether (sulfide) groups is 1. The van der Waals surface area contributed by atoms with Crippen molar-refractivity contribution in [3.05, 3.63) is 44.4 Å². The molecule has 132 valence electrons. The third kappa shape index (κ3) is 3.11. The van der Waals surface area contributed by atoms with E-state index in [4.69, 9.17) is 9.15 Å². The Hall–Kier alpha value is -2.06. The van der Waals surface area contributed by atoms with Gasteiger partial charge in [-0.15, -0.1) is 11.3 Å². The number of furan rings is 1. The largest absolute Gasteiger partial charge is 0.463 e. The number of aryl methyl sites for hydroxylation is 2. The first kappa shape index (κ1) is 17.8. The molecule has 0 radical (unpaired) electrons. The second-order valence-electron chi connectivity index (χ2n) is 5.46. The summed E-state index contributed by atoms with van der Waals surface area (Å²) in [5, 5.41) is 1.34. The topological polar surface area (TPSA) is 74.3 Å². The molecule has 0 aliphatic rings. The zero-order chi connectivity index (χ0) is 18.1. The number of thiophene rings is 1. The molecule has 3 aromatic rings. The average molecular weight is 378 g/mol. The molecule has 6 nitrogen and oxygen atoms in total. The molecule has 0 bridgehead atoms. The number of methoxy groups -OCH3 is 1. The predicted molar refractivity (Wildman–Crippen MR) is 98.6 cm³/mol. The van der Waals surface area contributed by atoms with Gasteiger partial charge in [0.05, 0.1) is 18.8 Å². The zero-order valence-electron chi connectivity index (χ0n) is 14.4. The number of aromatic nitrogens is 2. The first-order valence-electron chi connectivity index (χ1n) is 7.75. The Kier molecular flexibility index (Phi) is 5.01. The Bertz CT molecular complexity index is 1000. The summed E-state index contributed by atoms with van der Waals surface area (Å²) in [7, 11) is 1.31. The molecule has 0 aromatic carbocycles. The first-order valence-corrected chi connectivity index (χ1v) is 9.56. The van der Waals surface area contributed by atoms with E-state index in [1.165, 1.54) is 36.5 Å². The van der Waals surface area contributed by atoms with E-state index in [0.717, 1.165) is 15.3 Å². The zero-order valence-corrected chi connectivity index (χ0v) is 16.0. The van der Waals surface area contributed by atoms with Crippen molar-refractivity contribution in [2.24, 2.45) is 0 Å². The van der Waals surface area contributed by atoms with E-state index in [0.29, 0.717) is 28.4 Å². The van der Waals surface area contributed by atoms with Crippen LogP contribution in [-0.2, 0) is 17.0 Å². The van der Waals surface area contributed by atoms with Crippen molar-refractivity contribution in [2.45, 2.75) is 38.2 Å². The van der Waals surface area contributed by atoms with Crippen LogP contribution in [-0.4, -0.2) is 22.6 Å². The van der Waals surface area contributed by atoms with Crippen LogP contribution in [0.1, 0.15) is 33.5 Å². The number of nitrogens with zero attached hydrogens (tertiary/aromatic N) is 2. The Morgan fingerprint density at radius 2 is 2.20 bits per heavy atom. The molecule has 3 heterocycles. The Balaban J connectivity index is 1.98. The molecule has 0 unspecified atom stereocenters. The highest BCUT2D eigenvalue weighted by Crippen LogP contribution is 2.30. The number of esters is 1. The van der Waals surface area contributed by atoms with Gasteiger partial charge in [0, 0.05) is 22.7 Å². The van der Waals surface area contributed by atoms with E-state index in [2.05, 4.69) is 4.98 Å². The second-order valence-corrected chi connectivity index (χ2v) is 7.61. The highest BCUT2D eigenvalue weighted by atomic mass is 32.2. The van der Waals surface area contributed by atoms with E-state index in [-0.39, 0.29) is 11.3 Å². The minimum Gasteiger partial charge on any atom is -0.463 e. The summed E-state index contributed by atoms with van der Waals surface area (Å²) in [4.78, 5) is 31.1. The van der Waals surface area contributed by atoms with Crippen LogP contribution in [0.5, 0.6) is 0 Å². The fourth-order valence-corrected chi connectivity index (χ4v) is 4.67. The van der Waals surface area contributed by atoms with Gasteiger partial charge in [0.25, 0.3) is 5.56 Å². The number of ether oxygens (including phenoxy) is 1. The summed E-state index contributed by atoms with van der Waals surface area (Å²) >= 11 is 2.94. The van der Waals surface area contributed by atoms with Gasteiger partial charge in [-0.1, -0.05) is 11.8 Å². The van der Waals surface area contributed by atoms with Gasteiger partial charge in [0.15, 0.2) is 5.16 Å². The lowest BCUT2D eigenvalue weighted by Crippen LogP contribution is -2.22. The van der Waals surface area contributed by atoms with Crippen LogP contribution in [0.4, 0.5) is 0 Å². The monoisotopic (exact) mass is 378 g/mol. The number of hydrogen-bond acceptors (Lipinski definition) is 7. The van der Waals surface area contributed by atoms with Crippen LogP contribution in [0.2, 0.25) is 0 Å². The fraction of sp³-hybridized carbons (Fsp3) is 0.353. The van der Waals surface area contributed by atoms with E-state index in [9.17, 15) is 9.59 Å². The number of fused-ring (bicyclic) bond motifs is 1. The SMILES string of the molecule is CCn1c(SCc2ccoc2C(=O)OC)nc2sc(C)c(C)c2c1=O. The van der Waals surface area contributed by atoms with Crippen molar-refractivity contribution < 1.29 is 13.9 Å². The molecule has 0 spiro atoms. The molecule has 0 saturated heterocycles. The molecule has 3 rings (SSSR count). The minimum absolute atomic E-state index is 0.0164. The molecular weight excluding hydrogens is 360 g/mol. The first-order chi connectivity index (χ1) is 12.0. The van der Waals surface area contributed by atoms with Crippen molar-refractivity contribution in [3.63, 3.8) is 0 Å². The van der Waals surface area contributed by atoms with Crippen LogP contribution >= 0.6 is 23.1 Å². The maximum Gasteiger partial charge on any atom is 0.374 e. The van der Waals surface area contributed by atoms with Gasteiger partial charge in [-0.2, -0.15) is 0 Å². The van der Waals surface area contributed by atoms with E-state index in [1.54, 1.807) is 10.6 Å².